The Bertz CT molecular complexity index is 434. The zero-order valence-corrected chi connectivity index (χ0v) is 12.2. The topological polar surface area (TPSA) is 38.3 Å². The summed E-state index contributed by atoms with van der Waals surface area (Å²) >= 11 is 1.62. The number of amides is 1. The Labute approximate surface area is 119 Å². The number of ether oxygens (including phenoxy) is 1. The first kappa shape index (κ1) is 14.4. The minimum Gasteiger partial charge on any atom is -0.385 e. The second-order valence-electron chi connectivity index (χ2n) is 4.77. The highest BCUT2D eigenvalue weighted by atomic mass is 32.2. The molecule has 1 aromatic rings. The number of nitrogens with one attached hydrogen (secondary N) is 1. The van der Waals surface area contributed by atoms with Crippen LogP contribution in [0.1, 0.15) is 24.0 Å². The van der Waals surface area contributed by atoms with E-state index in [9.17, 15) is 4.79 Å². The van der Waals surface area contributed by atoms with E-state index in [4.69, 9.17) is 4.74 Å². The summed E-state index contributed by atoms with van der Waals surface area (Å²) in [6.45, 7) is 1.38. The van der Waals surface area contributed by atoms with Crippen LogP contribution in [0.4, 0.5) is 0 Å². The Kier molecular flexibility index (Phi) is 5.73. The molecule has 104 valence electrons. The summed E-state index contributed by atoms with van der Waals surface area (Å²) < 4.78 is 4.94. The molecule has 19 heavy (non-hydrogen) atoms. The molecule has 0 saturated heterocycles. The third-order valence-electron chi connectivity index (χ3n) is 3.29. The van der Waals surface area contributed by atoms with E-state index >= 15 is 0 Å². The van der Waals surface area contributed by atoms with Crippen molar-refractivity contribution in [1.29, 1.82) is 0 Å². The fraction of sp³-hybridized carbons (Fsp3) is 0.533. The largest absolute Gasteiger partial charge is 0.385 e. The van der Waals surface area contributed by atoms with Crippen molar-refractivity contribution in [2.45, 2.75) is 30.6 Å². The Morgan fingerprint density at radius 2 is 2.21 bits per heavy atom. The van der Waals surface area contributed by atoms with Crippen LogP contribution in [-0.2, 0) is 22.4 Å². The number of hydrogen-bond donors (Lipinski definition) is 1. The summed E-state index contributed by atoms with van der Waals surface area (Å²) in [7, 11) is 1.67. The van der Waals surface area contributed by atoms with Gasteiger partial charge in [-0.05, 0) is 48.9 Å². The Morgan fingerprint density at radius 1 is 1.37 bits per heavy atom. The molecular formula is C15H21NO2S. The molecule has 0 heterocycles. The molecule has 1 N–H and O–H groups in total. The lowest BCUT2D eigenvalue weighted by Crippen LogP contribution is -2.26. The van der Waals surface area contributed by atoms with Gasteiger partial charge in [-0.25, -0.2) is 0 Å². The summed E-state index contributed by atoms with van der Waals surface area (Å²) in [6, 6.07) is 6.58. The number of thioether (sulfide) groups is 1. The number of rotatable bonds is 7. The van der Waals surface area contributed by atoms with Gasteiger partial charge in [0.05, 0.1) is 5.75 Å². The summed E-state index contributed by atoms with van der Waals surface area (Å²) in [5, 5.41) is 2.90. The van der Waals surface area contributed by atoms with Crippen LogP contribution in [0.15, 0.2) is 23.1 Å². The molecule has 0 spiro atoms. The van der Waals surface area contributed by atoms with Crippen molar-refractivity contribution in [2.75, 3.05) is 26.0 Å². The summed E-state index contributed by atoms with van der Waals surface area (Å²) in [5.74, 6) is 0.591. The van der Waals surface area contributed by atoms with Gasteiger partial charge in [0.1, 0.15) is 0 Å². The van der Waals surface area contributed by atoms with Crippen LogP contribution >= 0.6 is 11.8 Å². The highest BCUT2D eigenvalue weighted by Crippen LogP contribution is 2.27. The zero-order chi connectivity index (χ0) is 13.5. The average molecular weight is 279 g/mol. The molecule has 1 aromatic carbocycles. The van der Waals surface area contributed by atoms with E-state index in [0.717, 1.165) is 6.42 Å². The molecule has 1 aliphatic carbocycles. The number of hydrogen-bond acceptors (Lipinski definition) is 3. The molecule has 0 aliphatic heterocycles. The zero-order valence-electron chi connectivity index (χ0n) is 11.4. The fourth-order valence-electron chi connectivity index (χ4n) is 2.28. The number of aryl methyl sites for hydroxylation is 2. The minimum atomic E-state index is 0.0987. The number of fused-ring (bicyclic) bond motifs is 1. The van der Waals surface area contributed by atoms with Gasteiger partial charge in [-0.2, -0.15) is 0 Å². The van der Waals surface area contributed by atoms with Crippen molar-refractivity contribution in [3.63, 3.8) is 0 Å². The lowest BCUT2D eigenvalue weighted by atomic mass is 10.1. The highest BCUT2D eigenvalue weighted by Gasteiger charge is 2.11. The molecule has 0 unspecified atom stereocenters. The van der Waals surface area contributed by atoms with Gasteiger partial charge in [0.2, 0.25) is 5.91 Å². The van der Waals surface area contributed by atoms with Crippen LogP contribution < -0.4 is 5.32 Å². The van der Waals surface area contributed by atoms with Gasteiger partial charge in [0, 0.05) is 25.2 Å². The number of carbonyl (C=O) groups is 1. The van der Waals surface area contributed by atoms with Crippen LogP contribution in [0.25, 0.3) is 0 Å². The van der Waals surface area contributed by atoms with Gasteiger partial charge in [-0.1, -0.05) is 6.07 Å². The van der Waals surface area contributed by atoms with Crippen molar-refractivity contribution in [3.05, 3.63) is 29.3 Å². The molecule has 3 nitrogen and oxygen atoms in total. The van der Waals surface area contributed by atoms with E-state index in [0.29, 0.717) is 18.9 Å². The van der Waals surface area contributed by atoms with Gasteiger partial charge in [-0.3, -0.25) is 4.79 Å². The molecular weight excluding hydrogens is 258 g/mol. The molecule has 0 fully saturated rings. The minimum absolute atomic E-state index is 0.0987. The average Bonchev–Trinajstić information content (AvgIpc) is 2.89. The normalized spacial score (nSPS) is 13.3. The predicted octanol–water partition coefficient (Wildman–Crippen LogP) is 2.42. The quantitative estimate of drug-likeness (QED) is 0.615. The molecule has 0 radical (unpaired) electrons. The maximum absolute atomic E-state index is 11.6. The summed E-state index contributed by atoms with van der Waals surface area (Å²) in [6.07, 6.45) is 4.53. The van der Waals surface area contributed by atoms with E-state index < -0.39 is 0 Å². The van der Waals surface area contributed by atoms with Crippen LogP contribution in [-0.4, -0.2) is 31.9 Å². The van der Waals surface area contributed by atoms with E-state index in [1.807, 2.05) is 0 Å². The third-order valence-corrected chi connectivity index (χ3v) is 4.28. The smallest absolute Gasteiger partial charge is 0.230 e. The molecule has 1 amide bonds. The molecule has 2 rings (SSSR count). The van der Waals surface area contributed by atoms with E-state index in [2.05, 4.69) is 23.5 Å². The first-order chi connectivity index (χ1) is 9.29. The lowest BCUT2D eigenvalue weighted by molar-refractivity contribution is -0.118. The van der Waals surface area contributed by atoms with Crippen LogP contribution in [0, 0.1) is 0 Å². The fourth-order valence-corrected chi connectivity index (χ4v) is 3.07. The van der Waals surface area contributed by atoms with E-state index in [1.54, 1.807) is 18.9 Å². The van der Waals surface area contributed by atoms with Crippen molar-refractivity contribution < 1.29 is 9.53 Å². The summed E-state index contributed by atoms with van der Waals surface area (Å²) in [4.78, 5) is 12.8. The van der Waals surface area contributed by atoms with Gasteiger partial charge < -0.3 is 10.1 Å². The van der Waals surface area contributed by atoms with Gasteiger partial charge in [-0.15, -0.1) is 11.8 Å². The number of benzene rings is 1. The standard InChI is InChI=1S/C15H21NO2S/c1-18-9-3-8-16-15(17)11-19-14-7-6-12-4-2-5-13(12)10-14/h6-7,10H,2-5,8-9,11H2,1H3,(H,16,17). The van der Waals surface area contributed by atoms with Crippen molar-refractivity contribution in [1.82, 2.24) is 5.32 Å². The van der Waals surface area contributed by atoms with Crippen LogP contribution in [0.3, 0.4) is 0 Å². The van der Waals surface area contributed by atoms with Crippen molar-refractivity contribution in [3.8, 4) is 0 Å². The van der Waals surface area contributed by atoms with Gasteiger partial charge >= 0.3 is 0 Å². The first-order valence-corrected chi connectivity index (χ1v) is 7.78. The van der Waals surface area contributed by atoms with E-state index in [-0.39, 0.29) is 5.91 Å². The maximum atomic E-state index is 11.6. The Hall–Kier alpha value is -1.00. The molecule has 1 aliphatic rings. The maximum Gasteiger partial charge on any atom is 0.230 e. The third kappa shape index (κ3) is 4.55. The summed E-state index contributed by atoms with van der Waals surface area (Å²) in [5.41, 5.74) is 2.94. The SMILES string of the molecule is COCCCNC(=O)CSc1ccc2c(c1)CCC2. The second kappa shape index (κ2) is 7.56. The molecule has 0 aromatic heterocycles. The molecule has 4 heteroatoms. The Morgan fingerprint density at radius 3 is 3.05 bits per heavy atom. The van der Waals surface area contributed by atoms with E-state index in [1.165, 1.54) is 35.3 Å². The Balaban J connectivity index is 1.71. The number of methoxy groups -OCH3 is 1. The predicted molar refractivity (Wildman–Crippen MR) is 78.7 cm³/mol. The highest BCUT2D eigenvalue weighted by molar-refractivity contribution is 8.00. The number of carbonyl (C=O) groups excluding carboxylic acids is 1. The van der Waals surface area contributed by atoms with Crippen molar-refractivity contribution in [2.24, 2.45) is 0 Å². The van der Waals surface area contributed by atoms with Gasteiger partial charge in [0.25, 0.3) is 0 Å². The lowest BCUT2D eigenvalue weighted by Gasteiger charge is -2.06. The molecule has 0 atom stereocenters. The van der Waals surface area contributed by atoms with Crippen LogP contribution in [0.2, 0.25) is 0 Å². The van der Waals surface area contributed by atoms with Gasteiger partial charge in [0.15, 0.2) is 0 Å². The second-order valence-corrected chi connectivity index (χ2v) is 5.82. The van der Waals surface area contributed by atoms with Crippen molar-refractivity contribution >= 4 is 17.7 Å². The monoisotopic (exact) mass is 279 g/mol. The van der Waals surface area contributed by atoms with Crippen LogP contribution in [0.5, 0.6) is 0 Å². The molecule has 0 saturated carbocycles. The molecule has 0 bridgehead atoms. The first-order valence-electron chi connectivity index (χ1n) is 6.80.